The van der Waals surface area contributed by atoms with Crippen molar-refractivity contribution < 1.29 is 32.7 Å². The first kappa shape index (κ1) is 8.91. The number of hydrogen-bond donors (Lipinski definition) is 0. The average Bonchev–Trinajstić information content (AvgIpc) is 0.918. The molecular formula is H2ClHfO2. The zero-order valence-electron chi connectivity index (χ0n) is 1.79. The van der Waals surface area contributed by atoms with Crippen LogP contribution in [0.2, 0.25) is 0 Å². The van der Waals surface area contributed by atoms with Crippen LogP contribution in [0.15, 0.2) is 0 Å². The van der Waals surface area contributed by atoms with Gasteiger partial charge < -0.3 is 5.48 Å². The zero-order chi connectivity index (χ0) is 2.71. The van der Waals surface area contributed by atoms with E-state index < -0.39 is 0 Å². The van der Waals surface area contributed by atoms with Crippen molar-refractivity contribution in [3.05, 3.63) is 0 Å². The zero-order valence-corrected chi connectivity index (χ0v) is 6.13. The first-order valence-corrected chi connectivity index (χ1v) is 2.13. The van der Waals surface area contributed by atoms with Crippen LogP contribution < -0.4 is 0 Å². The van der Waals surface area contributed by atoms with E-state index >= 15 is 0 Å². The van der Waals surface area contributed by atoms with Gasteiger partial charge in [0.05, 0.1) is 0 Å². The predicted octanol–water partition coefficient (Wildman–Crippen LogP) is -0.206. The Kier molecular flexibility index (Phi) is 19.9. The molecule has 0 spiro atoms. The molecule has 0 atom stereocenters. The van der Waals surface area contributed by atoms with E-state index in [0.717, 1.165) is 0 Å². The third-order valence-corrected chi connectivity index (χ3v) is 0. The summed E-state index contributed by atoms with van der Waals surface area (Å²) in [6.07, 6.45) is 0. The second-order valence-electron chi connectivity index (χ2n) is 0.0772. The van der Waals surface area contributed by atoms with Crippen LogP contribution in [0.3, 0.4) is 0 Å². The molecular weight excluding hydrogens is 246 g/mol. The summed E-state index contributed by atoms with van der Waals surface area (Å²) in [5, 5.41) is 0. The Morgan fingerprint density at radius 3 is 1.75 bits per heavy atom. The Morgan fingerprint density at radius 1 is 1.75 bits per heavy atom. The molecule has 0 aliphatic heterocycles. The van der Waals surface area contributed by atoms with Crippen molar-refractivity contribution in [2.45, 2.75) is 0 Å². The van der Waals surface area contributed by atoms with Crippen molar-refractivity contribution in [1.29, 1.82) is 0 Å². The van der Waals surface area contributed by atoms with Crippen molar-refractivity contribution in [2.75, 3.05) is 0 Å². The second-order valence-corrected chi connectivity index (χ2v) is 1.89. The van der Waals surface area contributed by atoms with Crippen LogP contribution in [0, 0.1) is 0 Å². The molecule has 25 valence electrons. The minimum absolute atomic E-state index is 0. The molecule has 0 aromatic rings. The first-order valence-electron chi connectivity index (χ1n) is 0.358. The van der Waals surface area contributed by atoms with Crippen molar-refractivity contribution in [1.82, 2.24) is 0 Å². The van der Waals surface area contributed by atoms with Crippen LogP contribution in [0.5, 0.6) is 0 Å². The summed E-state index contributed by atoms with van der Waals surface area (Å²) in [5.41, 5.74) is 0. The van der Waals surface area contributed by atoms with Crippen LogP contribution in [-0.4, -0.2) is 5.48 Å². The van der Waals surface area contributed by atoms with Crippen molar-refractivity contribution in [3.8, 4) is 0 Å². The van der Waals surface area contributed by atoms with Crippen molar-refractivity contribution >= 4 is 11.9 Å². The van der Waals surface area contributed by atoms with Gasteiger partial charge in [0.1, 0.15) is 0 Å². The molecule has 0 saturated carbocycles. The van der Waals surface area contributed by atoms with Gasteiger partial charge >= 0.3 is 39.1 Å². The number of rotatable bonds is 0. The Morgan fingerprint density at radius 2 is 1.75 bits per heavy atom. The third-order valence-electron chi connectivity index (χ3n) is 0. The van der Waals surface area contributed by atoms with E-state index in [9.17, 15) is 0 Å². The molecule has 4 heteroatoms. The van der Waals surface area contributed by atoms with Crippen molar-refractivity contribution in [2.24, 2.45) is 0 Å². The smallest absolute Gasteiger partial charge is 0.412 e. The molecule has 2 N–H and O–H groups in total. The fourth-order valence-electron chi connectivity index (χ4n) is 0. The van der Waals surface area contributed by atoms with Crippen LogP contribution in [-0.2, 0) is 27.2 Å². The van der Waals surface area contributed by atoms with Gasteiger partial charge in [0.25, 0.3) is 0 Å². The Hall–Kier alpha value is 1.08. The maximum atomic E-state index is 4.56. The van der Waals surface area contributed by atoms with E-state index in [1.165, 1.54) is 0 Å². The van der Waals surface area contributed by atoms with Gasteiger partial charge in [-0.3, -0.25) is 0 Å². The van der Waals surface area contributed by atoms with E-state index in [-0.39, 0.29) is 5.48 Å². The largest absolute Gasteiger partial charge is 0.412 e. The molecule has 4 heavy (non-hydrogen) atoms. The van der Waals surface area contributed by atoms with Crippen LogP contribution in [0.4, 0.5) is 0 Å². The summed E-state index contributed by atoms with van der Waals surface area (Å²) < 4.78 is 3.86. The van der Waals surface area contributed by atoms with E-state index in [0.29, 0.717) is 24.8 Å². The normalized spacial score (nSPS) is 4.00. The Bertz CT molecular complexity index is 6.00. The number of hydrogen-bond acceptors (Lipinski definition) is 1. The fraction of sp³-hybridized carbons (Fsp3) is 0. The molecule has 0 aromatic carbocycles. The summed E-state index contributed by atoms with van der Waals surface area (Å²) in [6, 6.07) is 0. The van der Waals surface area contributed by atoms with Gasteiger partial charge in [-0.25, -0.2) is 0 Å². The van der Waals surface area contributed by atoms with Gasteiger partial charge in [-0.1, -0.05) is 0 Å². The SMILES string of the molecule is Cl[O][Hf].O. The van der Waals surface area contributed by atoms with Gasteiger partial charge in [0.15, 0.2) is 0 Å². The van der Waals surface area contributed by atoms with Gasteiger partial charge in [-0.2, -0.15) is 0 Å². The molecule has 0 saturated heterocycles. The maximum absolute atomic E-state index is 4.56. The molecule has 2 nitrogen and oxygen atoms in total. The summed E-state index contributed by atoms with van der Waals surface area (Å²) in [7, 11) is 0. The third kappa shape index (κ3) is 11.4. The van der Waals surface area contributed by atoms with Crippen LogP contribution >= 0.6 is 11.9 Å². The quantitative estimate of drug-likeness (QED) is 0.547. The molecule has 0 bridgehead atoms. The van der Waals surface area contributed by atoms with E-state index in [2.05, 4.69) is 14.3 Å². The van der Waals surface area contributed by atoms with E-state index in [1.807, 2.05) is 0 Å². The van der Waals surface area contributed by atoms with Gasteiger partial charge in [0.2, 0.25) is 0 Å². The Labute approximate surface area is 44.7 Å². The van der Waals surface area contributed by atoms with Gasteiger partial charge in [0, 0.05) is 0 Å². The Balaban J connectivity index is 0. The molecule has 0 rings (SSSR count). The van der Waals surface area contributed by atoms with Crippen LogP contribution in [0.1, 0.15) is 0 Å². The van der Waals surface area contributed by atoms with E-state index in [4.69, 9.17) is 0 Å². The monoisotopic (exact) mass is 249 g/mol. The maximum Gasteiger partial charge on any atom is -0.412 e. The van der Waals surface area contributed by atoms with Gasteiger partial charge in [-0.15, -0.1) is 0 Å². The second kappa shape index (κ2) is 8.95. The van der Waals surface area contributed by atoms with Crippen LogP contribution in [0.25, 0.3) is 0 Å². The first-order chi connectivity index (χ1) is 1.41. The molecule has 0 amide bonds. The molecule has 0 fully saturated rings. The summed E-state index contributed by atoms with van der Waals surface area (Å²) in [6.45, 7) is 0. The van der Waals surface area contributed by atoms with Crippen molar-refractivity contribution in [3.63, 3.8) is 0 Å². The number of halogens is 1. The standard InChI is InChI=1S/ClO.Hf.H2O/c1-2;;/h;;1H2/q-1;+1;. The fourth-order valence-corrected chi connectivity index (χ4v) is 0. The van der Waals surface area contributed by atoms with Gasteiger partial charge in [-0.05, 0) is 0 Å². The molecule has 0 aliphatic carbocycles. The topological polar surface area (TPSA) is 40.7 Å². The summed E-state index contributed by atoms with van der Waals surface area (Å²) in [4.78, 5) is 0. The molecule has 0 radical (unpaired) electrons. The minimum atomic E-state index is 0. The summed E-state index contributed by atoms with van der Waals surface area (Å²) >= 11 is 5.19. The molecule has 0 heterocycles. The minimum Gasteiger partial charge on any atom is -0.412 e. The molecule has 0 aromatic heterocycles. The summed E-state index contributed by atoms with van der Waals surface area (Å²) in [5.74, 6) is 0. The van der Waals surface area contributed by atoms with E-state index in [1.54, 1.807) is 0 Å². The molecule has 0 aliphatic rings. The molecule has 0 unspecified atom stereocenters. The average molecular weight is 248 g/mol. The predicted molar refractivity (Wildman–Crippen MR) is 10.6 cm³/mol.